The maximum absolute atomic E-state index is 12.8. The van der Waals surface area contributed by atoms with Crippen molar-refractivity contribution in [3.8, 4) is 0 Å². The third kappa shape index (κ3) is 2.96. The summed E-state index contributed by atoms with van der Waals surface area (Å²) in [6.45, 7) is 3.48. The Bertz CT molecular complexity index is 790. The molecule has 126 valence electrons. The first-order valence-electron chi connectivity index (χ1n) is 7.31. The summed E-state index contributed by atoms with van der Waals surface area (Å²) >= 11 is 2.70. The van der Waals surface area contributed by atoms with Crippen LogP contribution < -0.4 is 15.5 Å². The summed E-state index contributed by atoms with van der Waals surface area (Å²) < 4.78 is 0.709. The Hall–Kier alpha value is -2.13. The molecule has 2 heterocycles. The zero-order chi connectivity index (χ0) is 17.3. The number of rotatable bonds is 4. The van der Waals surface area contributed by atoms with Crippen LogP contribution in [0, 0.1) is 0 Å². The van der Waals surface area contributed by atoms with Crippen LogP contribution in [-0.2, 0) is 9.59 Å². The van der Waals surface area contributed by atoms with Gasteiger partial charge in [-0.2, -0.15) is 0 Å². The Morgan fingerprint density at radius 1 is 1.38 bits per heavy atom. The maximum atomic E-state index is 12.8. The molecule has 0 fully saturated rings. The van der Waals surface area contributed by atoms with E-state index in [-0.39, 0.29) is 17.6 Å². The molecule has 0 spiro atoms. The van der Waals surface area contributed by atoms with E-state index in [9.17, 15) is 9.59 Å². The van der Waals surface area contributed by atoms with Crippen molar-refractivity contribution in [3.63, 3.8) is 0 Å². The van der Waals surface area contributed by atoms with Crippen molar-refractivity contribution >= 4 is 51.4 Å². The average Bonchev–Trinajstić information content (AvgIpc) is 3.02. The average molecular weight is 363 g/mol. The highest BCUT2D eigenvalue weighted by Crippen LogP contribution is 2.37. The SMILES string of the molecule is CNc1nnc(SCC(=O)N2c3ccccc3NC(=O)C2(C)C)s1. The summed E-state index contributed by atoms with van der Waals surface area (Å²) in [5, 5.41) is 14.4. The minimum atomic E-state index is -0.955. The number of thioether (sulfide) groups is 1. The third-order valence-corrected chi connectivity index (χ3v) is 5.76. The smallest absolute Gasteiger partial charge is 0.250 e. The van der Waals surface area contributed by atoms with Crippen LogP contribution in [0.4, 0.5) is 16.5 Å². The highest BCUT2D eigenvalue weighted by Gasteiger charge is 2.43. The van der Waals surface area contributed by atoms with Crippen molar-refractivity contribution in [1.82, 2.24) is 10.2 Å². The summed E-state index contributed by atoms with van der Waals surface area (Å²) in [4.78, 5) is 26.8. The predicted octanol–water partition coefficient (Wildman–Crippen LogP) is 2.44. The van der Waals surface area contributed by atoms with Crippen LogP contribution in [0.15, 0.2) is 28.6 Å². The molecule has 1 aliphatic rings. The number of anilines is 3. The van der Waals surface area contributed by atoms with E-state index < -0.39 is 5.54 Å². The number of benzene rings is 1. The van der Waals surface area contributed by atoms with E-state index in [1.807, 2.05) is 18.2 Å². The van der Waals surface area contributed by atoms with Crippen LogP contribution in [0.5, 0.6) is 0 Å². The third-order valence-electron chi connectivity index (χ3n) is 3.70. The monoisotopic (exact) mass is 363 g/mol. The maximum Gasteiger partial charge on any atom is 0.250 e. The molecule has 7 nitrogen and oxygen atoms in total. The van der Waals surface area contributed by atoms with Gasteiger partial charge in [-0.3, -0.25) is 14.5 Å². The second-order valence-electron chi connectivity index (χ2n) is 5.67. The van der Waals surface area contributed by atoms with Gasteiger partial charge in [0.1, 0.15) is 5.54 Å². The predicted molar refractivity (Wildman–Crippen MR) is 96.8 cm³/mol. The fourth-order valence-electron chi connectivity index (χ4n) is 2.46. The van der Waals surface area contributed by atoms with Crippen LogP contribution in [-0.4, -0.2) is 40.4 Å². The Balaban J connectivity index is 1.83. The molecule has 0 unspecified atom stereocenters. The zero-order valence-corrected chi connectivity index (χ0v) is 15.1. The minimum absolute atomic E-state index is 0.145. The molecule has 3 rings (SSSR count). The molecule has 2 aromatic rings. The molecule has 0 aliphatic carbocycles. The first kappa shape index (κ1) is 16.7. The van der Waals surface area contributed by atoms with Crippen molar-refractivity contribution in [2.75, 3.05) is 28.3 Å². The number of amides is 2. The van der Waals surface area contributed by atoms with E-state index in [0.29, 0.717) is 20.8 Å². The largest absolute Gasteiger partial charge is 0.363 e. The number of hydrogen-bond acceptors (Lipinski definition) is 7. The summed E-state index contributed by atoms with van der Waals surface area (Å²) in [7, 11) is 1.77. The molecule has 0 saturated heterocycles. The number of hydrogen-bond donors (Lipinski definition) is 2. The standard InChI is InChI=1S/C15H17N5O2S2/c1-15(2)12(22)17-9-6-4-5-7-10(9)20(15)11(21)8-23-14-19-18-13(16-3)24-14/h4-7H,8H2,1-3H3,(H,16,18)(H,17,22). The van der Waals surface area contributed by atoms with Crippen molar-refractivity contribution in [1.29, 1.82) is 0 Å². The Labute approximate surface area is 147 Å². The zero-order valence-electron chi connectivity index (χ0n) is 13.5. The summed E-state index contributed by atoms with van der Waals surface area (Å²) in [5.41, 5.74) is 0.401. The lowest BCUT2D eigenvalue weighted by Crippen LogP contribution is -2.58. The quantitative estimate of drug-likeness (QED) is 0.812. The van der Waals surface area contributed by atoms with Crippen molar-refractivity contribution in [2.45, 2.75) is 23.7 Å². The molecule has 0 radical (unpaired) electrons. The topological polar surface area (TPSA) is 87.2 Å². The van der Waals surface area contributed by atoms with E-state index in [1.54, 1.807) is 31.9 Å². The lowest BCUT2D eigenvalue weighted by molar-refractivity contribution is -0.125. The number of fused-ring (bicyclic) bond motifs is 1. The molecular formula is C15H17N5O2S2. The fraction of sp³-hybridized carbons (Fsp3) is 0.333. The highest BCUT2D eigenvalue weighted by atomic mass is 32.2. The highest BCUT2D eigenvalue weighted by molar-refractivity contribution is 8.01. The molecular weight excluding hydrogens is 346 g/mol. The van der Waals surface area contributed by atoms with Gasteiger partial charge in [0.05, 0.1) is 17.1 Å². The van der Waals surface area contributed by atoms with E-state index >= 15 is 0 Å². The molecule has 1 aromatic carbocycles. The van der Waals surface area contributed by atoms with Gasteiger partial charge in [0.25, 0.3) is 0 Å². The van der Waals surface area contributed by atoms with Gasteiger partial charge in [-0.15, -0.1) is 10.2 Å². The lowest BCUT2D eigenvalue weighted by Gasteiger charge is -2.42. The molecule has 2 N–H and O–H groups in total. The summed E-state index contributed by atoms with van der Waals surface area (Å²) in [6.07, 6.45) is 0. The van der Waals surface area contributed by atoms with Crippen molar-refractivity contribution < 1.29 is 9.59 Å². The normalized spacial score (nSPS) is 15.6. The Morgan fingerprint density at radius 3 is 2.83 bits per heavy atom. The van der Waals surface area contributed by atoms with Gasteiger partial charge in [-0.25, -0.2) is 0 Å². The molecule has 0 atom stereocenters. The van der Waals surface area contributed by atoms with Gasteiger partial charge in [0.15, 0.2) is 4.34 Å². The second kappa shape index (κ2) is 6.40. The molecule has 1 aromatic heterocycles. The minimum Gasteiger partial charge on any atom is -0.363 e. The van der Waals surface area contributed by atoms with Gasteiger partial charge in [-0.1, -0.05) is 35.2 Å². The van der Waals surface area contributed by atoms with Gasteiger partial charge in [-0.05, 0) is 26.0 Å². The Kier molecular flexibility index (Phi) is 4.46. The number of para-hydroxylation sites is 2. The van der Waals surface area contributed by atoms with Gasteiger partial charge < -0.3 is 10.6 Å². The number of nitrogens with zero attached hydrogens (tertiary/aromatic N) is 3. The molecule has 2 amide bonds. The van der Waals surface area contributed by atoms with Crippen LogP contribution in [0.3, 0.4) is 0 Å². The second-order valence-corrected chi connectivity index (χ2v) is 7.87. The fourth-order valence-corrected chi connectivity index (χ4v) is 4.01. The van der Waals surface area contributed by atoms with E-state index in [0.717, 1.165) is 0 Å². The van der Waals surface area contributed by atoms with Gasteiger partial charge >= 0.3 is 0 Å². The van der Waals surface area contributed by atoms with E-state index in [4.69, 9.17) is 0 Å². The molecule has 0 saturated carbocycles. The van der Waals surface area contributed by atoms with Crippen molar-refractivity contribution in [3.05, 3.63) is 24.3 Å². The lowest BCUT2D eigenvalue weighted by atomic mass is 9.96. The Morgan fingerprint density at radius 2 is 2.12 bits per heavy atom. The number of aromatic nitrogens is 2. The van der Waals surface area contributed by atoms with Gasteiger partial charge in [0.2, 0.25) is 16.9 Å². The van der Waals surface area contributed by atoms with E-state index in [2.05, 4.69) is 20.8 Å². The van der Waals surface area contributed by atoms with Crippen LogP contribution >= 0.6 is 23.1 Å². The van der Waals surface area contributed by atoms with Crippen molar-refractivity contribution in [2.24, 2.45) is 0 Å². The van der Waals surface area contributed by atoms with E-state index in [1.165, 1.54) is 23.1 Å². The van der Waals surface area contributed by atoms with Gasteiger partial charge in [0, 0.05) is 7.05 Å². The first-order valence-corrected chi connectivity index (χ1v) is 9.11. The number of carbonyl (C=O) groups is 2. The molecule has 24 heavy (non-hydrogen) atoms. The number of nitrogens with one attached hydrogen (secondary N) is 2. The molecule has 9 heteroatoms. The summed E-state index contributed by atoms with van der Waals surface area (Å²) in [6, 6.07) is 7.31. The first-order chi connectivity index (χ1) is 11.4. The summed E-state index contributed by atoms with van der Waals surface area (Å²) in [5.74, 6) is -0.162. The van der Waals surface area contributed by atoms with Crippen LogP contribution in [0.2, 0.25) is 0 Å². The number of carbonyl (C=O) groups excluding carboxylic acids is 2. The van der Waals surface area contributed by atoms with Crippen LogP contribution in [0.1, 0.15) is 13.8 Å². The molecule has 1 aliphatic heterocycles. The molecule has 0 bridgehead atoms. The van der Waals surface area contributed by atoms with Crippen LogP contribution in [0.25, 0.3) is 0 Å².